The van der Waals surface area contributed by atoms with Gasteiger partial charge in [0.25, 0.3) is 0 Å². The maximum Gasteiger partial charge on any atom is 0.207 e. The minimum absolute atomic E-state index is 0.102. The summed E-state index contributed by atoms with van der Waals surface area (Å²) in [7, 11) is 0. The van der Waals surface area contributed by atoms with E-state index in [4.69, 9.17) is 14.5 Å². The van der Waals surface area contributed by atoms with Gasteiger partial charge in [-0.15, -0.1) is 0 Å². The van der Waals surface area contributed by atoms with Crippen LogP contribution in [0.2, 0.25) is 0 Å². The lowest BCUT2D eigenvalue weighted by atomic mass is 9.53. The Balaban J connectivity index is 1.56. The standard InChI is InChI=1S/C19H30O3/c1-4-5-6-17-18(12(2)3)21-22-19(20-17)15-8-13-7-14(10-15)11-16(19)9-13/h13-18H,2,4-11H2,1,3H3/t13?,14?,15?,16?,17-,18-,19?/m0/s1. The second kappa shape index (κ2) is 5.61. The number of hydrogen-bond donors (Lipinski definition) is 0. The van der Waals surface area contributed by atoms with E-state index in [0.29, 0.717) is 11.8 Å². The molecule has 1 spiro atoms. The highest BCUT2D eigenvalue weighted by Crippen LogP contribution is 2.61. The predicted molar refractivity (Wildman–Crippen MR) is 84.9 cm³/mol. The lowest BCUT2D eigenvalue weighted by Gasteiger charge is -2.61. The fraction of sp³-hybridized carbons (Fsp3) is 0.895. The van der Waals surface area contributed by atoms with E-state index < -0.39 is 5.79 Å². The summed E-state index contributed by atoms with van der Waals surface area (Å²) in [6, 6.07) is 0. The molecule has 0 radical (unpaired) electrons. The van der Waals surface area contributed by atoms with E-state index >= 15 is 0 Å². The van der Waals surface area contributed by atoms with Gasteiger partial charge in [-0.05, 0) is 62.9 Å². The van der Waals surface area contributed by atoms with Crippen molar-refractivity contribution in [2.24, 2.45) is 23.7 Å². The van der Waals surface area contributed by atoms with Crippen LogP contribution in [0.1, 0.15) is 65.2 Å². The summed E-state index contributed by atoms with van der Waals surface area (Å²) in [5, 5.41) is 0. The van der Waals surface area contributed by atoms with Crippen LogP contribution in [0.25, 0.3) is 0 Å². The van der Waals surface area contributed by atoms with Gasteiger partial charge < -0.3 is 4.74 Å². The molecular weight excluding hydrogens is 276 g/mol. The first-order valence-electron chi connectivity index (χ1n) is 9.30. The zero-order valence-electron chi connectivity index (χ0n) is 14.1. The third-order valence-electron chi connectivity index (χ3n) is 6.56. The largest absolute Gasteiger partial charge is 0.340 e. The van der Waals surface area contributed by atoms with E-state index in [1.807, 2.05) is 6.92 Å². The van der Waals surface area contributed by atoms with E-state index in [9.17, 15) is 0 Å². The van der Waals surface area contributed by atoms with E-state index in [0.717, 1.165) is 23.8 Å². The smallest absolute Gasteiger partial charge is 0.207 e. The van der Waals surface area contributed by atoms with Crippen molar-refractivity contribution in [1.82, 2.24) is 0 Å². The molecule has 0 unspecified atom stereocenters. The molecule has 5 aliphatic rings. The average Bonchev–Trinajstić information content (AvgIpc) is 2.49. The van der Waals surface area contributed by atoms with Crippen LogP contribution in [0.4, 0.5) is 0 Å². The average molecular weight is 306 g/mol. The Morgan fingerprint density at radius 3 is 2.27 bits per heavy atom. The highest BCUT2D eigenvalue weighted by atomic mass is 17.2. The quantitative estimate of drug-likeness (QED) is 0.560. The molecule has 4 saturated carbocycles. The predicted octanol–water partition coefficient (Wildman–Crippen LogP) is 4.62. The van der Waals surface area contributed by atoms with Gasteiger partial charge in [0.1, 0.15) is 6.10 Å². The van der Waals surface area contributed by atoms with Crippen LogP contribution in [-0.4, -0.2) is 18.0 Å². The van der Waals surface area contributed by atoms with Crippen LogP contribution in [0, 0.1) is 23.7 Å². The minimum atomic E-state index is -0.447. The summed E-state index contributed by atoms with van der Waals surface area (Å²) in [5.74, 6) is 2.46. The molecule has 22 heavy (non-hydrogen) atoms. The molecule has 4 aliphatic carbocycles. The molecule has 0 aromatic carbocycles. The summed E-state index contributed by atoms with van der Waals surface area (Å²) in [4.78, 5) is 11.9. The summed E-state index contributed by atoms with van der Waals surface area (Å²) in [6.45, 7) is 8.33. The fourth-order valence-corrected chi connectivity index (χ4v) is 5.69. The topological polar surface area (TPSA) is 27.7 Å². The minimum Gasteiger partial charge on any atom is -0.340 e. The Labute approximate surface area is 134 Å². The molecule has 0 N–H and O–H groups in total. The maximum atomic E-state index is 6.72. The first kappa shape index (κ1) is 15.2. The number of unbranched alkanes of at least 4 members (excludes halogenated alkanes) is 1. The fourth-order valence-electron chi connectivity index (χ4n) is 5.69. The van der Waals surface area contributed by atoms with Crippen molar-refractivity contribution in [3.63, 3.8) is 0 Å². The van der Waals surface area contributed by atoms with E-state index in [1.54, 1.807) is 0 Å². The molecule has 5 rings (SSSR count). The van der Waals surface area contributed by atoms with Crippen LogP contribution in [0.3, 0.4) is 0 Å². The van der Waals surface area contributed by atoms with Crippen LogP contribution in [0.5, 0.6) is 0 Å². The lowest BCUT2D eigenvalue weighted by molar-refractivity contribution is -0.534. The van der Waals surface area contributed by atoms with Crippen LogP contribution in [-0.2, 0) is 14.5 Å². The van der Waals surface area contributed by atoms with E-state index in [-0.39, 0.29) is 12.2 Å². The number of rotatable bonds is 4. The molecule has 1 saturated heterocycles. The molecule has 0 aromatic heterocycles. The normalized spacial score (nSPS) is 49.7. The van der Waals surface area contributed by atoms with Crippen LogP contribution in [0.15, 0.2) is 12.2 Å². The molecule has 1 heterocycles. The van der Waals surface area contributed by atoms with Gasteiger partial charge in [0, 0.05) is 11.8 Å². The van der Waals surface area contributed by atoms with Crippen molar-refractivity contribution < 1.29 is 14.5 Å². The molecule has 3 nitrogen and oxygen atoms in total. The van der Waals surface area contributed by atoms with Crippen molar-refractivity contribution >= 4 is 0 Å². The van der Waals surface area contributed by atoms with E-state index in [2.05, 4.69) is 13.5 Å². The Morgan fingerprint density at radius 1 is 1.09 bits per heavy atom. The zero-order chi connectivity index (χ0) is 15.3. The summed E-state index contributed by atoms with van der Waals surface area (Å²) < 4.78 is 6.72. The number of ether oxygens (including phenoxy) is 1. The highest BCUT2D eigenvalue weighted by Gasteiger charge is 2.63. The third kappa shape index (κ3) is 2.28. The van der Waals surface area contributed by atoms with Gasteiger partial charge in [0.15, 0.2) is 0 Å². The molecule has 124 valence electrons. The molecule has 2 atom stereocenters. The summed E-state index contributed by atoms with van der Waals surface area (Å²) in [5.41, 5.74) is 1.01. The van der Waals surface area contributed by atoms with Crippen LogP contribution < -0.4 is 0 Å². The molecule has 3 heteroatoms. The molecule has 4 bridgehead atoms. The lowest BCUT2D eigenvalue weighted by Crippen LogP contribution is -2.65. The summed E-state index contributed by atoms with van der Waals surface area (Å²) in [6.07, 6.45) is 9.95. The maximum absolute atomic E-state index is 6.72. The van der Waals surface area contributed by atoms with Crippen molar-refractivity contribution in [2.45, 2.75) is 83.2 Å². The molecule has 0 amide bonds. The Kier molecular flexibility index (Phi) is 3.87. The second-order valence-electron chi connectivity index (χ2n) is 8.27. The molecule has 0 aromatic rings. The SMILES string of the molecule is C=C(C)[C@@H]1OOC2(O[C@H]1CCCC)C1CC3CC(C1)CC2C3. The third-order valence-corrected chi connectivity index (χ3v) is 6.56. The van der Waals surface area contributed by atoms with Crippen molar-refractivity contribution in [3.05, 3.63) is 12.2 Å². The van der Waals surface area contributed by atoms with Gasteiger partial charge >= 0.3 is 0 Å². The first-order valence-corrected chi connectivity index (χ1v) is 9.30. The van der Waals surface area contributed by atoms with Gasteiger partial charge in [-0.1, -0.05) is 26.3 Å². The van der Waals surface area contributed by atoms with Crippen molar-refractivity contribution in [1.29, 1.82) is 0 Å². The molecule has 1 aliphatic heterocycles. The number of hydrogen-bond acceptors (Lipinski definition) is 3. The molecular formula is C19H30O3. The molecule has 5 fully saturated rings. The monoisotopic (exact) mass is 306 g/mol. The highest BCUT2D eigenvalue weighted by molar-refractivity contribution is 5.08. The Morgan fingerprint density at radius 2 is 1.73 bits per heavy atom. The van der Waals surface area contributed by atoms with Crippen molar-refractivity contribution in [2.75, 3.05) is 0 Å². The Bertz CT molecular complexity index is 416. The van der Waals surface area contributed by atoms with Gasteiger partial charge in [-0.25, -0.2) is 4.89 Å². The van der Waals surface area contributed by atoms with Gasteiger partial charge in [-0.2, -0.15) is 4.89 Å². The van der Waals surface area contributed by atoms with E-state index in [1.165, 1.54) is 44.9 Å². The zero-order valence-corrected chi connectivity index (χ0v) is 14.1. The Hall–Kier alpha value is -0.380. The first-order chi connectivity index (χ1) is 10.6. The van der Waals surface area contributed by atoms with Gasteiger partial charge in [0.05, 0.1) is 6.10 Å². The summed E-state index contributed by atoms with van der Waals surface area (Å²) >= 11 is 0. The van der Waals surface area contributed by atoms with Crippen molar-refractivity contribution in [3.8, 4) is 0 Å². The van der Waals surface area contributed by atoms with Crippen LogP contribution >= 0.6 is 0 Å². The second-order valence-corrected chi connectivity index (χ2v) is 8.27. The van der Waals surface area contributed by atoms with Gasteiger partial charge in [0.2, 0.25) is 5.79 Å². The van der Waals surface area contributed by atoms with Gasteiger partial charge in [-0.3, -0.25) is 0 Å².